The van der Waals surface area contributed by atoms with Crippen LogP contribution in [0.25, 0.3) is 5.65 Å². The number of pyridine rings is 1. The average molecular weight is 540 g/mol. The van der Waals surface area contributed by atoms with Crippen molar-refractivity contribution in [2.24, 2.45) is 0 Å². The zero-order valence-corrected chi connectivity index (χ0v) is 20.0. The van der Waals surface area contributed by atoms with Gasteiger partial charge in [-0.25, -0.2) is 22.5 Å². The number of hydrogen-bond donors (Lipinski definition) is 0. The third kappa shape index (κ3) is 5.24. The van der Waals surface area contributed by atoms with E-state index < -0.39 is 28.1 Å². The molecule has 36 heavy (non-hydrogen) atoms. The van der Waals surface area contributed by atoms with Gasteiger partial charge in [-0.05, 0) is 54.1 Å². The van der Waals surface area contributed by atoms with Gasteiger partial charge < -0.3 is 9.47 Å². The molecule has 0 aliphatic carbocycles. The van der Waals surface area contributed by atoms with E-state index in [9.17, 15) is 26.4 Å². The fourth-order valence-electron chi connectivity index (χ4n) is 3.36. The second-order valence-corrected chi connectivity index (χ2v) is 9.59. The third-order valence-electron chi connectivity index (χ3n) is 5.04. The predicted molar refractivity (Wildman–Crippen MR) is 124 cm³/mol. The first-order valence-corrected chi connectivity index (χ1v) is 12.0. The molecule has 0 bridgehead atoms. The van der Waals surface area contributed by atoms with E-state index in [0.29, 0.717) is 11.2 Å². The lowest BCUT2D eigenvalue weighted by Gasteiger charge is -2.23. The summed E-state index contributed by atoms with van der Waals surface area (Å²) in [6, 6.07) is 14.8. The van der Waals surface area contributed by atoms with Gasteiger partial charge in [0.25, 0.3) is 10.0 Å². The number of fused-ring (bicyclic) bond motifs is 1. The topological polar surface area (TPSA) is 90.2 Å². The van der Waals surface area contributed by atoms with Crippen molar-refractivity contribution in [3.63, 3.8) is 0 Å². The molecule has 0 saturated heterocycles. The van der Waals surface area contributed by atoms with Gasteiger partial charge in [0, 0.05) is 6.20 Å². The number of carbonyl (C=O) groups is 1. The molecule has 2 heterocycles. The summed E-state index contributed by atoms with van der Waals surface area (Å²) >= 11 is 6.48. The van der Waals surface area contributed by atoms with Gasteiger partial charge in [-0.2, -0.15) is 0 Å². The monoisotopic (exact) mass is 539 g/mol. The summed E-state index contributed by atoms with van der Waals surface area (Å²) in [5.41, 5.74) is 0.870. The Morgan fingerprint density at radius 2 is 1.72 bits per heavy atom. The summed E-state index contributed by atoms with van der Waals surface area (Å²) < 4.78 is 75.8. The van der Waals surface area contributed by atoms with Crippen LogP contribution in [0.5, 0.6) is 5.75 Å². The maximum absolute atomic E-state index is 13.7. The van der Waals surface area contributed by atoms with Crippen LogP contribution in [0.3, 0.4) is 0 Å². The predicted octanol–water partition coefficient (Wildman–Crippen LogP) is 5.07. The number of imidazole rings is 1. The summed E-state index contributed by atoms with van der Waals surface area (Å²) in [4.78, 5) is 15.9. The molecule has 2 aromatic heterocycles. The maximum Gasteiger partial charge on any atom is 0.573 e. The van der Waals surface area contributed by atoms with Gasteiger partial charge >= 0.3 is 12.3 Å². The van der Waals surface area contributed by atoms with Crippen molar-refractivity contribution < 1.29 is 35.9 Å². The lowest BCUT2D eigenvalue weighted by Crippen LogP contribution is -2.31. The van der Waals surface area contributed by atoms with Crippen molar-refractivity contribution in [2.45, 2.75) is 17.8 Å². The highest BCUT2D eigenvalue weighted by molar-refractivity contribution is 7.92. The van der Waals surface area contributed by atoms with Gasteiger partial charge in [0.05, 0.1) is 24.1 Å². The highest BCUT2D eigenvalue weighted by atomic mass is 35.5. The number of aromatic nitrogens is 2. The first-order chi connectivity index (χ1) is 17.0. The summed E-state index contributed by atoms with van der Waals surface area (Å²) in [5.74, 6) is -1.18. The van der Waals surface area contributed by atoms with Crippen molar-refractivity contribution in [1.82, 2.24) is 9.38 Å². The van der Waals surface area contributed by atoms with Crippen LogP contribution in [-0.2, 0) is 21.3 Å². The van der Waals surface area contributed by atoms with E-state index >= 15 is 0 Å². The maximum atomic E-state index is 13.7. The quantitative estimate of drug-likeness (QED) is 0.305. The lowest BCUT2D eigenvalue weighted by atomic mass is 10.2. The average Bonchev–Trinajstić information content (AvgIpc) is 3.18. The van der Waals surface area contributed by atoms with Gasteiger partial charge in [-0.3, -0.25) is 4.40 Å². The standard InChI is InChI=1S/C23H17ClF3N3O5S/c1-34-22(31)16-7-11-18(12-8-16)36(32,33)30(21-20(24)29-13-3-2-4-19(29)28-21)14-15-5-9-17(10-6-15)35-23(25,26)27/h2-13H,14H2,1H3. The Balaban J connectivity index is 1.76. The molecule has 0 spiro atoms. The number of alkyl halides is 3. The van der Waals surface area contributed by atoms with Crippen molar-refractivity contribution >= 4 is 39.1 Å². The number of anilines is 1. The smallest absolute Gasteiger partial charge is 0.465 e. The Labute approximate surface area is 208 Å². The van der Waals surface area contributed by atoms with E-state index in [1.54, 1.807) is 24.4 Å². The molecule has 0 aliphatic heterocycles. The molecule has 0 N–H and O–H groups in total. The van der Waals surface area contributed by atoms with Crippen LogP contribution >= 0.6 is 11.6 Å². The Morgan fingerprint density at radius 3 is 2.31 bits per heavy atom. The molecular weight excluding hydrogens is 523 g/mol. The largest absolute Gasteiger partial charge is 0.573 e. The molecule has 0 saturated carbocycles. The van der Waals surface area contributed by atoms with E-state index in [1.807, 2.05) is 0 Å². The molecule has 0 radical (unpaired) electrons. The molecule has 8 nitrogen and oxygen atoms in total. The van der Waals surface area contributed by atoms with Gasteiger partial charge in [0.15, 0.2) is 11.0 Å². The van der Waals surface area contributed by atoms with E-state index in [1.165, 1.54) is 47.9 Å². The van der Waals surface area contributed by atoms with Crippen molar-refractivity contribution in [3.05, 3.63) is 89.2 Å². The number of benzene rings is 2. The number of ether oxygens (including phenoxy) is 2. The summed E-state index contributed by atoms with van der Waals surface area (Å²) in [6.45, 7) is -0.309. The van der Waals surface area contributed by atoms with E-state index in [-0.39, 0.29) is 28.0 Å². The lowest BCUT2D eigenvalue weighted by molar-refractivity contribution is -0.274. The van der Waals surface area contributed by atoms with E-state index in [4.69, 9.17) is 11.6 Å². The number of sulfonamides is 1. The van der Waals surface area contributed by atoms with Crippen LogP contribution in [0.15, 0.2) is 77.8 Å². The fourth-order valence-corrected chi connectivity index (χ4v) is 5.10. The van der Waals surface area contributed by atoms with E-state index in [2.05, 4.69) is 14.5 Å². The van der Waals surface area contributed by atoms with Crippen LogP contribution in [0.4, 0.5) is 19.0 Å². The second kappa shape index (κ2) is 9.70. The highest BCUT2D eigenvalue weighted by Crippen LogP contribution is 2.33. The summed E-state index contributed by atoms with van der Waals surface area (Å²) in [5, 5.41) is 0.0115. The molecule has 0 atom stereocenters. The second-order valence-electron chi connectivity index (χ2n) is 7.37. The van der Waals surface area contributed by atoms with Crippen molar-refractivity contribution in [2.75, 3.05) is 11.4 Å². The Hall–Kier alpha value is -3.77. The molecular formula is C23H17ClF3N3O5S. The number of nitrogens with zero attached hydrogens (tertiary/aromatic N) is 3. The van der Waals surface area contributed by atoms with Crippen LogP contribution < -0.4 is 9.04 Å². The molecule has 0 unspecified atom stereocenters. The Morgan fingerprint density at radius 1 is 1.06 bits per heavy atom. The molecule has 4 rings (SSSR count). The van der Waals surface area contributed by atoms with Gasteiger partial charge in [-0.15, -0.1) is 13.2 Å². The molecule has 0 fully saturated rings. The number of rotatable bonds is 7. The minimum atomic E-state index is -4.86. The minimum Gasteiger partial charge on any atom is -0.465 e. The van der Waals surface area contributed by atoms with Crippen molar-refractivity contribution in [1.29, 1.82) is 0 Å². The zero-order valence-electron chi connectivity index (χ0n) is 18.4. The minimum absolute atomic E-state index is 0.0115. The van der Waals surface area contributed by atoms with Crippen LogP contribution in [-0.4, -0.2) is 37.2 Å². The first-order valence-electron chi connectivity index (χ1n) is 10.2. The summed E-state index contributed by atoms with van der Waals surface area (Å²) in [6.07, 6.45) is -3.26. The fraction of sp³-hybridized carbons (Fsp3) is 0.130. The SMILES string of the molecule is COC(=O)c1ccc(S(=O)(=O)N(Cc2ccc(OC(F)(F)F)cc2)c2nc3ccccn3c2Cl)cc1. The number of methoxy groups -OCH3 is 1. The number of halogens is 4. The zero-order chi connectivity index (χ0) is 26.1. The molecule has 13 heteroatoms. The van der Waals surface area contributed by atoms with Crippen LogP contribution in [0.1, 0.15) is 15.9 Å². The Kier molecular flexibility index (Phi) is 6.83. The van der Waals surface area contributed by atoms with Gasteiger partial charge in [0.2, 0.25) is 0 Å². The number of esters is 1. The molecule has 0 amide bonds. The normalized spacial score (nSPS) is 11.9. The van der Waals surface area contributed by atoms with Crippen LogP contribution in [0, 0.1) is 0 Å². The van der Waals surface area contributed by atoms with Gasteiger partial charge in [0.1, 0.15) is 11.4 Å². The third-order valence-corrected chi connectivity index (χ3v) is 7.14. The summed E-state index contributed by atoms with van der Waals surface area (Å²) in [7, 11) is -3.10. The van der Waals surface area contributed by atoms with Crippen molar-refractivity contribution in [3.8, 4) is 5.75 Å². The number of hydrogen-bond acceptors (Lipinski definition) is 6. The molecule has 188 valence electrons. The number of carbonyl (C=O) groups excluding carboxylic acids is 1. The van der Waals surface area contributed by atoms with Crippen LogP contribution in [0.2, 0.25) is 5.15 Å². The van der Waals surface area contributed by atoms with Gasteiger partial charge in [-0.1, -0.05) is 29.8 Å². The molecule has 0 aliphatic rings. The highest BCUT2D eigenvalue weighted by Gasteiger charge is 2.32. The first kappa shape index (κ1) is 25.3. The molecule has 4 aromatic rings. The Bertz CT molecular complexity index is 1510. The van der Waals surface area contributed by atoms with E-state index in [0.717, 1.165) is 16.4 Å². The molecule has 2 aromatic carbocycles.